The van der Waals surface area contributed by atoms with Gasteiger partial charge in [-0.3, -0.25) is 4.79 Å². The molecule has 1 saturated heterocycles. The summed E-state index contributed by atoms with van der Waals surface area (Å²) in [6, 6.07) is 16.1. The Morgan fingerprint density at radius 2 is 2.00 bits per heavy atom. The number of hydrogen-bond acceptors (Lipinski definition) is 3. The Morgan fingerprint density at radius 1 is 1.23 bits per heavy atom. The number of halogens is 2. The maximum Gasteiger partial charge on any atom is 0.227 e. The lowest BCUT2D eigenvalue weighted by Crippen LogP contribution is -2.40. The predicted molar refractivity (Wildman–Crippen MR) is 111 cm³/mol. The fourth-order valence-corrected chi connectivity index (χ4v) is 3.39. The predicted octanol–water partition coefficient (Wildman–Crippen LogP) is 4.70. The van der Waals surface area contributed by atoms with E-state index in [-0.39, 0.29) is 24.2 Å². The van der Waals surface area contributed by atoms with E-state index in [2.05, 4.69) is 35.0 Å². The molecular weight excluding hydrogens is 369 g/mol. The average molecular weight is 394 g/mol. The van der Waals surface area contributed by atoms with E-state index < -0.39 is 0 Å². The van der Waals surface area contributed by atoms with Crippen molar-refractivity contribution in [2.24, 2.45) is 5.92 Å². The topological polar surface area (TPSA) is 53.2 Å². The van der Waals surface area contributed by atoms with Gasteiger partial charge in [0, 0.05) is 24.2 Å². The van der Waals surface area contributed by atoms with E-state index in [1.165, 1.54) is 5.56 Å². The number of benzene rings is 2. The second-order valence-corrected chi connectivity index (χ2v) is 7.01. The van der Waals surface area contributed by atoms with E-state index in [1.807, 2.05) is 30.3 Å². The Bertz CT molecular complexity index is 724. The van der Waals surface area contributed by atoms with Gasteiger partial charge in [-0.05, 0) is 50.1 Å². The van der Waals surface area contributed by atoms with Crippen molar-refractivity contribution >= 4 is 41.3 Å². The van der Waals surface area contributed by atoms with Crippen molar-refractivity contribution in [3.8, 4) is 0 Å². The summed E-state index contributed by atoms with van der Waals surface area (Å²) in [5, 5.41) is 10.3. The van der Waals surface area contributed by atoms with E-state index >= 15 is 0 Å². The molecule has 1 amide bonds. The zero-order chi connectivity index (χ0) is 17.6. The summed E-state index contributed by atoms with van der Waals surface area (Å²) >= 11 is 6.36. The van der Waals surface area contributed by atoms with Gasteiger partial charge in [-0.1, -0.05) is 41.9 Å². The summed E-state index contributed by atoms with van der Waals surface area (Å²) in [5.41, 5.74) is 2.79. The van der Waals surface area contributed by atoms with Crippen LogP contribution in [0.25, 0.3) is 0 Å². The lowest BCUT2D eigenvalue weighted by atomic mass is 9.92. The second-order valence-electron chi connectivity index (χ2n) is 6.60. The van der Waals surface area contributed by atoms with E-state index in [1.54, 1.807) is 6.07 Å². The third-order valence-electron chi connectivity index (χ3n) is 4.56. The zero-order valence-electron chi connectivity index (χ0n) is 14.8. The Hall–Kier alpha value is -1.75. The molecule has 2 atom stereocenters. The molecule has 26 heavy (non-hydrogen) atoms. The Kier molecular flexibility index (Phi) is 7.76. The van der Waals surface area contributed by atoms with Crippen LogP contribution in [-0.4, -0.2) is 18.5 Å². The summed E-state index contributed by atoms with van der Waals surface area (Å²) in [6.07, 6.45) is 1.75. The van der Waals surface area contributed by atoms with Gasteiger partial charge in [0.1, 0.15) is 0 Å². The molecule has 4 nitrogen and oxygen atoms in total. The monoisotopic (exact) mass is 393 g/mol. The first-order chi connectivity index (χ1) is 12.1. The van der Waals surface area contributed by atoms with Gasteiger partial charge in [-0.15, -0.1) is 12.4 Å². The van der Waals surface area contributed by atoms with Crippen LogP contribution in [0.1, 0.15) is 25.3 Å². The maximum atomic E-state index is 12.4. The van der Waals surface area contributed by atoms with Gasteiger partial charge in [0.25, 0.3) is 0 Å². The van der Waals surface area contributed by atoms with Gasteiger partial charge in [0.15, 0.2) is 0 Å². The number of rotatable bonds is 5. The number of amides is 1. The highest BCUT2D eigenvalue weighted by molar-refractivity contribution is 6.33. The maximum absolute atomic E-state index is 12.4. The molecule has 0 unspecified atom stereocenters. The van der Waals surface area contributed by atoms with Crippen LogP contribution in [0.2, 0.25) is 5.02 Å². The van der Waals surface area contributed by atoms with Crippen LogP contribution in [0.5, 0.6) is 0 Å². The first-order valence-electron chi connectivity index (χ1n) is 8.73. The van der Waals surface area contributed by atoms with Gasteiger partial charge >= 0.3 is 0 Å². The van der Waals surface area contributed by atoms with E-state index in [0.29, 0.717) is 17.6 Å². The van der Waals surface area contributed by atoms with E-state index in [0.717, 1.165) is 30.8 Å². The molecule has 0 aromatic heterocycles. The SMILES string of the molecule is C[C@H]1C[C@@H](C(=O)Nc2ccc(NCc3ccccc3)c(Cl)c2)CCN1.Cl. The lowest BCUT2D eigenvalue weighted by Gasteiger charge is -2.27. The van der Waals surface area contributed by atoms with Gasteiger partial charge in [0.05, 0.1) is 10.7 Å². The minimum absolute atomic E-state index is 0. The fraction of sp³-hybridized carbons (Fsp3) is 0.350. The number of piperidine rings is 1. The highest BCUT2D eigenvalue weighted by Gasteiger charge is 2.24. The minimum atomic E-state index is 0. The molecule has 6 heteroatoms. The molecule has 2 aromatic carbocycles. The van der Waals surface area contributed by atoms with E-state index in [4.69, 9.17) is 11.6 Å². The van der Waals surface area contributed by atoms with Crippen LogP contribution in [0, 0.1) is 5.92 Å². The number of carbonyl (C=O) groups excluding carboxylic acids is 1. The van der Waals surface area contributed by atoms with Crippen LogP contribution in [0.15, 0.2) is 48.5 Å². The molecule has 3 rings (SSSR count). The van der Waals surface area contributed by atoms with Crippen molar-refractivity contribution in [2.45, 2.75) is 32.4 Å². The molecule has 3 N–H and O–H groups in total. The number of anilines is 2. The van der Waals surface area contributed by atoms with Crippen molar-refractivity contribution in [1.82, 2.24) is 5.32 Å². The van der Waals surface area contributed by atoms with Crippen molar-refractivity contribution in [3.05, 3.63) is 59.1 Å². The van der Waals surface area contributed by atoms with Gasteiger partial charge in [-0.25, -0.2) is 0 Å². The number of carbonyl (C=O) groups is 1. The summed E-state index contributed by atoms with van der Waals surface area (Å²) in [6.45, 7) is 3.71. The second kappa shape index (κ2) is 9.81. The Labute approximate surface area is 166 Å². The van der Waals surface area contributed by atoms with Crippen molar-refractivity contribution in [1.29, 1.82) is 0 Å². The molecule has 2 aromatic rings. The molecule has 1 fully saturated rings. The normalized spacial score (nSPS) is 19.3. The largest absolute Gasteiger partial charge is 0.380 e. The van der Waals surface area contributed by atoms with E-state index in [9.17, 15) is 4.79 Å². The number of nitrogens with one attached hydrogen (secondary N) is 3. The quantitative estimate of drug-likeness (QED) is 0.689. The molecule has 140 valence electrons. The molecule has 0 saturated carbocycles. The zero-order valence-corrected chi connectivity index (χ0v) is 16.4. The molecular formula is C20H25Cl2N3O. The summed E-state index contributed by atoms with van der Waals surface area (Å²) in [4.78, 5) is 12.4. The Balaban J connectivity index is 0.00000243. The van der Waals surface area contributed by atoms with Crippen LogP contribution in [0.3, 0.4) is 0 Å². The molecule has 0 bridgehead atoms. The first kappa shape index (κ1) is 20.6. The van der Waals surface area contributed by atoms with Crippen LogP contribution >= 0.6 is 24.0 Å². The standard InChI is InChI=1S/C20H24ClN3O.ClH/c1-14-11-16(9-10-22-14)20(25)24-17-7-8-19(18(21)12-17)23-13-15-5-3-2-4-6-15;/h2-8,12,14,16,22-23H,9-11,13H2,1H3,(H,24,25);1H/t14-,16-;/m0./s1. The molecule has 1 aliphatic rings. The third-order valence-corrected chi connectivity index (χ3v) is 4.87. The van der Waals surface area contributed by atoms with Gasteiger partial charge in [0.2, 0.25) is 5.91 Å². The molecule has 0 aliphatic carbocycles. The van der Waals surface area contributed by atoms with Crippen LogP contribution < -0.4 is 16.0 Å². The Morgan fingerprint density at radius 3 is 2.69 bits per heavy atom. The first-order valence-corrected chi connectivity index (χ1v) is 9.11. The van der Waals surface area contributed by atoms with Crippen molar-refractivity contribution < 1.29 is 4.79 Å². The highest BCUT2D eigenvalue weighted by Crippen LogP contribution is 2.27. The summed E-state index contributed by atoms with van der Waals surface area (Å²) in [5.74, 6) is 0.139. The highest BCUT2D eigenvalue weighted by atomic mass is 35.5. The molecule has 0 radical (unpaired) electrons. The summed E-state index contributed by atoms with van der Waals surface area (Å²) < 4.78 is 0. The van der Waals surface area contributed by atoms with Gasteiger partial charge in [-0.2, -0.15) is 0 Å². The average Bonchev–Trinajstić information content (AvgIpc) is 2.62. The van der Waals surface area contributed by atoms with Crippen molar-refractivity contribution in [3.63, 3.8) is 0 Å². The van der Waals surface area contributed by atoms with Gasteiger partial charge < -0.3 is 16.0 Å². The van der Waals surface area contributed by atoms with Crippen LogP contribution in [0.4, 0.5) is 11.4 Å². The molecule has 1 heterocycles. The summed E-state index contributed by atoms with van der Waals surface area (Å²) in [7, 11) is 0. The van der Waals surface area contributed by atoms with Crippen molar-refractivity contribution in [2.75, 3.05) is 17.2 Å². The number of hydrogen-bond donors (Lipinski definition) is 3. The fourth-order valence-electron chi connectivity index (χ4n) is 3.14. The minimum Gasteiger partial charge on any atom is -0.380 e. The lowest BCUT2D eigenvalue weighted by molar-refractivity contribution is -0.120. The molecule has 0 spiro atoms. The smallest absolute Gasteiger partial charge is 0.227 e. The third kappa shape index (κ3) is 5.63. The molecule has 1 aliphatic heterocycles. The van der Waals surface area contributed by atoms with Crippen LogP contribution in [-0.2, 0) is 11.3 Å².